The van der Waals surface area contributed by atoms with Crippen LogP contribution in [0.5, 0.6) is 11.5 Å². The van der Waals surface area contributed by atoms with Gasteiger partial charge in [-0.2, -0.15) is 5.10 Å². The molecule has 0 saturated carbocycles. The summed E-state index contributed by atoms with van der Waals surface area (Å²) in [6.45, 7) is 6.57. The predicted octanol–water partition coefficient (Wildman–Crippen LogP) is 5.50. The highest BCUT2D eigenvalue weighted by Gasteiger charge is 2.25. The molecule has 5 rings (SSSR count). The first-order chi connectivity index (χ1) is 23.7. The molecule has 3 aromatic carbocycles. The second-order valence-electron chi connectivity index (χ2n) is 12.3. The molecule has 1 aromatic heterocycles. The molecule has 0 unspecified atom stereocenters. The number of nitrogens with zero attached hydrogens (tertiary/aromatic N) is 3. The number of carboxylic acids is 1. The Morgan fingerprint density at radius 1 is 1.04 bits per heavy atom. The minimum atomic E-state index is -1.06. The van der Waals surface area contributed by atoms with Crippen LogP contribution in [0.1, 0.15) is 65.6 Å². The number of rotatable bonds is 15. The van der Waals surface area contributed by atoms with Gasteiger partial charge in [0.1, 0.15) is 11.8 Å². The second kappa shape index (κ2) is 16.8. The number of aryl methyl sites for hydroxylation is 1. The summed E-state index contributed by atoms with van der Waals surface area (Å²) in [5.41, 5.74) is 11.6. The van der Waals surface area contributed by atoms with Gasteiger partial charge in [-0.15, -0.1) is 0 Å². The molecule has 11 nitrogen and oxygen atoms in total. The number of aliphatic carboxylic acids is 1. The van der Waals surface area contributed by atoms with Gasteiger partial charge in [0.05, 0.1) is 31.6 Å². The van der Waals surface area contributed by atoms with Gasteiger partial charge in [0.15, 0.2) is 5.75 Å². The fourth-order valence-corrected chi connectivity index (χ4v) is 5.84. The molecule has 4 aromatic rings. The van der Waals surface area contributed by atoms with Crippen molar-refractivity contribution in [2.24, 2.45) is 5.73 Å². The highest BCUT2D eigenvalue weighted by molar-refractivity contribution is 5.97. The lowest BCUT2D eigenvalue weighted by molar-refractivity contribution is -0.139. The molecule has 0 saturated heterocycles. The number of nitrogens with two attached hydrogens (primary N) is 1. The third-order valence-corrected chi connectivity index (χ3v) is 8.76. The molecular formula is C38H45N5O6. The minimum Gasteiger partial charge on any atom is -0.493 e. The standard InChI is InChI=1S/C38H45N5O6/c1-26-9-5-13-34(27(26)2)48-21-7-14-35(44)43-20-8-22-49-36-31(10-6-12-33(36)43)30-23-40-42(25-30)24-28-15-17-29(18-16-28)37(45)41-32(38(46)47)11-3-4-19-39/h5-6,9-10,12-13,15-18,23,25,32H,3-4,7-8,11,14,19-22,24,39H2,1-2H3,(H,41,45)(H,46,47)/t32-/m0/s1. The molecule has 2 amide bonds. The maximum absolute atomic E-state index is 13.4. The van der Waals surface area contributed by atoms with Crippen molar-refractivity contribution < 1.29 is 29.0 Å². The normalized spacial score (nSPS) is 13.2. The summed E-state index contributed by atoms with van der Waals surface area (Å²) in [5.74, 6) is 0.0535. The molecule has 1 aliphatic heterocycles. The van der Waals surface area contributed by atoms with Gasteiger partial charge in [0.2, 0.25) is 5.91 Å². The summed E-state index contributed by atoms with van der Waals surface area (Å²) in [6.07, 6.45) is 7.05. The van der Waals surface area contributed by atoms with E-state index in [4.69, 9.17) is 15.2 Å². The van der Waals surface area contributed by atoms with Crippen molar-refractivity contribution in [1.29, 1.82) is 0 Å². The Morgan fingerprint density at radius 2 is 1.84 bits per heavy atom. The summed E-state index contributed by atoms with van der Waals surface area (Å²) >= 11 is 0. The quantitative estimate of drug-likeness (QED) is 0.141. The molecular weight excluding hydrogens is 622 g/mol. The molecule has 0 aliphatic carbocycles. The molecule has 0 spiro atoms. The lowest BCUT2D eigenvalue weighted by Crippen LogP contribution is -2.40. The van der Waals surface area contributed by atoms with Crippen molar-refractivity contribution >= 4 is 23.5 Å². The van der Waals surface area contributed by atoms with Crippen LogP contribution in [0, 0.1) is 13.8 Å². The van der Waals surface area contributed by atoms with E-state index in [2.05, 4.69) is 23.4 Å². The molecule has 1 aliphatic rings. The van der Waals surface area contributed by atoms with E-state index in [1.165, 1.54) is 5.56 Å². The number of unbranched alkanes of at least 4 members (excludes halogenated alkanes) is 1. The van der Waals surface area contributed by atoms with Crippen LogP contribution in [0.25, 0.3) is 11.1 Å². The number of benzene rings is 3. The fourth-order valence-electron chi connectivity index (χ4n) is 5.84. The number of nitrogens with one attached hydrogen (secondary N) is 1. The molecule has 1 atom stereocenters. The van der Waals surface area contributed by atoms with Gasteiger partial charge in [0, 0.05) is 35.9 Å². The van der Waals surface area contributed by atoms with E-state index in [0.717, 1.165) is 40.1 Å². The van der Waals surface area contributed by atoms with E-state index >= 15 is 0 Å². The zero-order valence-corrected chi connectivity index (χ0v) is 28.2. The number of carbonyl (C=O) groups is 3. The Bertz CT molecular complexity index is 1750. The van der Waals surface area contributed by atoms with E-state index in [1.54, 1.807) is 23.0 Å². The van der Waals surface area contributed by atoms with Crippen LogP contribution in [0.2, 0.25) is 0 Å². The first-order valence-electron chi connectivity index (χ1n) is 16.9. The molecule has 0 bridgehead atoms. The average Bonchev–Trinajstić information content (AvgIpc) is 3.44. The Labute approximate surface area is 287 Å². The Morgan fingerprint density at radius 3 is 2.61 bits per heavy atom. The molecule has 2 heterocycles. The lowest BCUT2D eigenvalue weighted by atomic mass is 10.1. The third kappa shape index (κ3) is 9.05. The number of aromatic nitrogens is 2. The molecule has 0 radical (unpaired) electrons. The van der Waals surface area contributed by atoms with Crippen LogP contribution in [0.3, 0.4) is 0 Å². The summed E-state index contributed by atoms with van der Waals surface area (Å²) in [4.78, 5) is 39.6. The van der Waals surface area contributed by atoms with Crippen molar-refractivity contribution in [3.63, 3.8) is 0 Å². The highest BCUT2D eigenvalue weighted by atomic mass is 16.5. The number of hydrogen-bond donors (Lipinski definition) is 3. The number of para-hydroxylation sites is 1. The monoisotopic (exact) mass is 667 g/mol. The van der Waals surface area contributed by atoms with E-state index in [-0.39, 0.29) is 5.91 Å². The smallest absolute Gasteiger partial charge is 0.326 e. The molecule has 258 valence electrons. The number of ether oxygens (including phenoxy) is 2. The highest BCUT2D eigenvalue weighted by Crippen LogP contribution is 2.40. The van der Waals surface area contributed by atoms with Crippen molar-refractivity contribution in [3.05, 3.63) is 95.3 Å². The van der Waals surface area contributed by atoms with Gasteiger partial charge in [-0.05, 0) is 93.5 Å². The van der Waals surface area contributed by atoms with E-state index < -0.39 is 17.9 Å². The maximum atomic E-state index is 13.4. The summed E-state index contributed by atoms with van der Waals surface area (Å²) in [5, 5.41) is 16.6. The van der Waals surface area contributed by atoms with Crippen molar-refractivity contribution in [2.45, 2.75) is 65.0 Å². The van der Waals surface area contributed by atoms with Crippen LogP contribution in [-0.2, 0) is 16.1 Å². The van der Waals surface area contributed by atoms with Crippen LogP contribution >= 0.6 is 0 Å². The number of carboxylic acid groups (broad SMARTS) is 1. The van der Waals surface area contributed by atoms with Crippen LogP contribution in [-0.4, -0.2) is 65.0 Å². The lowest BCUT2D eigenvalue weighted by Gasteiger charge is -2.23. The fraction of sp³-hybridized carbons (Fsp3) is 0.368. The van der Waals surface area contributed by atoms with Gasteiger partial charge in [-0.1, -0.05) is 36.4 Å². The predicted molar refractivity (Wildman–Crippen MR) is 188 cm³/mol. The van der Waals surface area contributed by atoms with Crippen LogP contribution < -0.4 is 25.4 Å². The Balaban J connectivity index is 1.21. The van der Waals surface area contributed by atoms with E-state index in [9.17, 15) is 19.5 Å². The van der Waals surface area contributed by atoms with Crippen molar-refractivity contribution in [2.75, 3.05) is 31.2 Å². The SMILES string of the molecule is Cc1cccc(OCCCC(=O)N2CCCOc3c(-c4cnn(Cc5ccc(C(=O)N[C@@H](CCCCN)C(=O)O)cc5)c4)cccc32)c1C. The maximum Gasteiger partial charge on any atom is 0.326 e. The number of anilines is 1. The third-order valence-electron chi connectivity index (χ3n) is 8.76. The molecule has 0 fully saturated rings. The number of hydrogen-bond acceptors (Lipinski definition) is 7. The van der Waals surface area contributed by atoms with Crippen molar-refractivity contribution in [3.8, 4) is 22.6 Å². The van der Waals surface area contributed by atoms with E-state index in [0.29, 0.717) is 76.3 Å². The van der Waals surface area contributed by atoms with Gasteiger partial charge >= 0.3 is 5.97 Å². The number of carbonyl (C=O) groups excluding carboxylic acids is 2. The first-order valence-corrected chi connectivity index (χ1v) is 16.9. The average molecular weight is 668 g/mol. The number of amides is 2. The zero-order valence-electron chi connectivity index (χ0n) is 28.2. The molecule has 11 heteroatoms. The molecule has 49 heavy (non-hydrogen) atoms. The molecule has 4 N–H and O–H groups in total. The van der Waals surface area contributed by atoms with Crippen molar-refractivity contribution in [1.82, 2.24) is 15.1 Å². The minimum absolute atomic E-state index is 0.0337. The van der Waals surface area contributed by atoms with Crippen LogP contribution in [0.15, 0.2) is 73.1 Å². The largest absolute Gasteiger partial charge is 0.493 e. The van der Waals surface area contributed by atoms with Gasteiger partial charge in [0.25, 0.3) is 5.91 Å². The zero-order chi connectivity index (χ0) is 34.8. The van der Waals surface area contributed by atoms with Gasteiger partial charge in [-0.25, -0.2) is 4.79 Å². The summed E-state index contributed by atoms with van der Waals surface area (Å²) in [6, 6.07) is 17.9. The van der Waals surface area contributed by atoms with Crippen LogP contribution in [0.4, 0.5) is 5.69 Å². The van der Waals surface area contributed by atoms with Gasteiger partial charge in [-0.3, -0.25) is 14.3 Å². The van der Waals surface area contributed by atoms with E-state index in [1.807, 2.05) is 60.5 Å². The van der Waals surface area contributed by atoms with Gasteiger partial charge < -0.3 is 30.5 Å². The Kier molecular flexibility index (Phi) is 12.0. The first kappa shape index (κ1) is 35.2. The second-order valence-corrected chi connectivity index (χ2v) is 12.3. The summed E-state index contributed by atoms with van der Waals surface area (Å²) < 4.78 is 14.0. The topological polar surface area (TPSA) is 149 Å². The Hall–Kier alpha value is -5.16. The number of fused-ring (bicyclic) bond motifs is 1. The summed E-state index contributed by atoms with van der Waals surface area (Å²) in [7, 11) is 0.